The molecule has 1 aromatic rings. The average Bonchev–Trinajstić information content (AvgIpc) is 3.06. The van der Waals surface area contributed by atoms with Crippen LogP contribution >= 0.6 is 0 Å². The van der Waals surface area contributed by atoms with Crippen molar-refractivity contribution < 1.29 is 14.3 Å². The van der Waals surface area contributed by atoms with Crippen LogP contribution in [0.1, 0.15) is 38.2 Å². The summed E-state index contributed by atoms with van der Waals surface area (Å²) in [5.74, 6) is 1.06. The van der Waals surface area contributed by atoms with E-state index in [9.17, 15) is 4.79 Å². The second-order valence-corrected chi connectivity index (χ2v) is 6.08. The molecule has 0 bridgehead atoms. The summed E-state index contributed by atoms with van der Waals surface area (Å²) >= 11 is 0. The minimum absolute atomic E-state index is 0.186. The lowest BCUT2D eigenvalue weighted by Gasteiger charge is -2.25. The van der Waals surface area contributed by atoms with E-state index >= 15 is 0 Å². The summed E-state index contributed by atoms with van der Waals surface area (Å²) in [6.45, 7) is 2.94. The van der Waals surface area contributed by atoms with Crippen molar-refractivity contribution in [2.24, 2.45) is 0 Å². The molecular weight excluding hydrogens is 278 g/mol. The van der Waals surface area contributed by atoms with Crippen molar-refractivity contribution in [3.63, 3.8) is 0 Å². The van der Waals surface area contributed by atoms with Crippen LogP contribution in [-0.4, -0.2) is 43.7 Å². The first-order valence-corrected chi connectivity index (χ1v) is 8.10. The molecule has 2 atom stereocenters. The van der Waals surface area contributed by atoms with Gasteiger partial charge < -0.3 is 14.4 Å². The van der Waals surface area contributed by atoms with Crippen molar-refractivity contribution in [3.05, 3.63) is 29.8 Å². The van der Waals surface area contributed by atoms with E-state index in [1.165, 1.54) is 5.56 Å². The number of ether oxygens (including phenoxy) is 2. The SMILES string of the molecule is COc1ccc(CC(C)N(C)C(=O)CCC2CCCO2)cc1. The standard InChI is InChI=1S/C18H27NO3/c1-14(13-15-6-8-16(21-3)9-7-15)19(2)18(20)11-10-17-5-4-12-22-17/h6-9,14,17H,4-5,10-13H2,1-3H3. The van der Waals surface area contributed by atoms with Crippen LogP contribution in [0.4, 0.5) is 0 Å². The molecule has 4 heteroatoms. The molecule has 4 nitrogen and oxygen atoms in total. The summed E-state index contributed by atoms with van der Waals surface area (Å²) in [5.41, 5.74) is 1.21. The molecule has 1 aliphatic rings. The molecule has 1 fully saturated rings. The zero-order chi connectivity index (χ0) is 15.9. The van der Waals surface area contributed by atoms with Gasteiger partial charge in [0.2, 0.25) is 5.91 Å². The molecule has 122 valence electrons. The Morgan fingerprint density at radius 1 is 1.41 bits per heavy atom. The molecule has 0 radical (unpaired) electrons. The van der Waals surface area contributed by atoms with Gasteiger partial charge in [0, 0.05) is 26.1 Å². The number of amides is 1. The molecule has 1 aliphatic heterocycles. The normalized spacial score (nSPS) is 19.0. The Balaban J connectivity index is 1.79. The van der Waals surface area contributed by atoms with E-state index in [1.807, 2.05) is 24.1 Å². The molecule has 1 saturated heterocycles. The highest BCUT2D eigenvalue weighted by Crippen LogP contribution is 2.18. The predicted molar refractivity (Wildman–Crippen MR) is 87.1 cm³/mol. The number of methoxy groups -OCH3 is 1. The molecule has 2 unspecified atom stereocenters. The second-order valence-electron chi connectivity index (χ2n) is 6.08. The maximum absolute atomic E-state index is 12.3. The Morgan fingerprint density at radius 2 is 2.14 bits per heavy atom. The van der Waals surface area contributed by atoms with Crippen molar-refractivity contribution in [3.8, 4) is 5.75 Å². The van der Waals surface area contributed by atoms with Crippen LogP contribution in [0.2, 0.25) is 0 Å². The van der Waals surface area contributed by atoms with Gasteiger partial charge in [-0.25, -0.2) is 0 Å². The summed E-state index contributed by atoms with van der Waals surface area (Å²) in [5, 5.41) is 0. The van der Waals surface area contributed by atoms with Gasteiger partial charge in [0.1, 0.15) is 5.75 Å². The third-order valence-corrected chi connectivity index (χ3v) is 4.45. The van der Waals surface area contributed by atoms with Gasteiger partial charge in [-0.15, -0.1) is 0 Å². The molecule has 2 rings (SSSR count). The average molecular weight is 305 g/mol. The van der Waals surface area contributed by atoms with E-state index in [1.54, 1.807) is 7.11 Å². The van der Waals surface area contributed by atoms with Gasteiger partial charge in [-0.05, 0) is 50.3 Å². The van der Waals surface area contributed by atoms with Gasteiger partial charge in [0.15, 0.2) is 0 Å². The minimum Gasteiger partial charge on any atom is -0.497 e. The lowest BCUT2D eigenvalue weighted by molar-refractivity contribution is -0.132. The molecule has 22 heavy (non-hydrogen) atoms. The van der Waals surface area contributed by atoms with E-state index < -0.39 is 0 Å². The maximum Gasteiger partial charge on any atom is 0.222 e. The zero-order valence-corrected chi connectivity index (χ0v) is 13.9. The number of likely N-dealkylation sites (N-methyl/N-ethyl adjacent to an activating group) is 1. The minimum atomic E-state index is 0.186. The van der Waals surface area contributed by atoms with Gasteiger partial charge in [-0.3, -0.25) is 4.79 Å². The van der Waals surface area contributed by atoms with E-state index in [-0.39, 0.29) is 18.1 Å². The third-order valence-electron chi connectivity index (χ3n) is 4.45. The van der Waals surface area contributed by atoms with Crippen LogP contribution in [-0.2, 0) is 16.0 Å². The predicted octanol–water partition coefficient (Wildman–Crippen LogP) is 3.04. The molecule has 1 aromatic carbocycles. The monoisotopic (exact) mass is 305 g/mol. The van der Waals surface area contributed by atoms with Crippen molar-refractivity contribution in [2.45, 2.75) is 51.2 Å². The Hall–Kier alpha value is -1.55. The fraction of sp³-hybridized carbons (Fsp3) is 0.611. The summed E-state index contributed by atoms with van der Waals surface area (Å²) in [6, 6.07) is 8.22. The number of hydrogen-bond donors (Lipinski definition) is 0. The summed E-state index contributed by atoms with van der Waals surface area (Å²) in [4.78, 5) is 14.1. The number of carbonyl (C=O) groups excluding carboxylic acids is 1. The lowest BCUT2D eigenvalue weighted by Crippen LogP contribution is -2.36. The van der Waals surface area contributed by atoms with Crippen LogP contribution in [0.3, 0.4) is 0 Å². The van der Waals surface area contributed by atoms with Gasteiger partial charge in [0.05, 0.1) is 13.2 Å². The van der Waals surface area contributed by atoms with Gasteiger partial charge >= 0.3 is 0 Å². The first kappa shape index (κ1) is 16.8. The van der Waals surface area contributed by atoms with Crippen molar-refractivity contribution in [1.82, 2.24) is 4.90 Å². The van der Waals surface area contributed by atoms with E-state index in [2.05, 4.69) is 19.1 Å². The number of carbonyl (C=O) groups is 1. The summed E-state index contributed by atoms with van der Waals surface area (Å²) in [7, 11) is 3.56. The van der Waals surface area contributed by atoms with E-state index in [0.29, 0.717) is 6.42 Å². The largest absolute Gasteiger partial charge is 0.497 e. The first-order valence-electron chi connectivity index (χ1n) is 8.10. The quantitative estimate of drug-likeness (QED) is 0.777. The molecule has 0 aromatic heterocycles. The summed E-state index contributed by atoms with van der Waals surface area (Å²) in [6.07, 6.45) is 4.79. The van der Waals surface area contributed by atoms with Crippen molar-refractivity contribution >= 4 is 5.91 Å². The van der Waals surface area contributed by atoms with E-state index in [0.717, 1.165) is 38.0 Å². The van der Waals surface area contributed by atoms with Gasteiger partial charge in [-0.2, -0.15) is 0 Å². The highest BCUT2D eigenvalue weighted by atomic mass is 16.5. The highest BCUT2D eigenvalue weighted by Gasteiger charge is 2.20. The van der Waals surface area contributed by atoms with Crippen molar-refractivity contribution in [1.29, 1.82) is 0 Å². The Bertz CT molecular complexity index is 466. The Morgan fingerprint density at radius 3 is 2.73 bits per heavy atom. The van der Waals surface area contributed by atoms with E-state index in [4.69, 9.17) is 9.47 Å². The number of benzene rings is 1. The topological polar surface area (TPSA) is 38.8 Å². The molecule has 0 saturated carbocycles. The fourth-order valence-corrected chi connectivity index (χ4v) is 2.82. The molecular formula is C18H27NO3. The fourth-order valence-electron chi connectivity index (χ4n) is 2.82. The first-order chi connectivity index (χ1) is 10.6. The Kier molecular flexibility index (Phi) is 6.25. The smallest absolute Gasteiger partial charge is 0.222 e. The van der Waals surface area contributed by atoms with Crippen LogP contribution in [0.25, 0.3) is 0 Å². The number of nitrogens with zero attached hydrogens (tertiary/aromatic N) is 1. The zero-order valence-electron chi connectivity index (χ0n) is 13.9. The molecule has 0 spiro atoms. The molecule has 0 N–H and O–H groups in total. The van der Waals surface area contributed by atoms with Crippen LogP contribution in [0, 0.1) is 0 Å². The lowest BCUT2D eigenvalue weighted by atomic mass is 10.0. The number of rotatable bonds is 7. The number of hydrogen-bond acceptors (Lipinski definition) is 3. The maximum atomic E-state index is 12.3. The molecule has 1 heterocycles. The Labute approximate surface area is 133 Å². The third kappa shape index (κ3) is 4.73. The van der Waals surface area contributed by atoms with Gasteiger partial charge in [-0.1, -0.05) is 12.1 Å². The van der Waals surface area contributed by atoms with Gasteiger partial charge in [0.25, 0.3) is 0 Å². The highest BCUT2D eigenvalue weighted by molar-refractivity contribution is 5.76. The molecule has 0 aliphatic carbocycles. The molecule has 1 amide bonds. The van der Waals surface area contributed by atoms with Crippen LogP contribution in [0.5, 0.6) is 5.75 Å². The van der Waals surface area contributed by atoms with Crippen LogP contribution in [0.15, 0.2) is 24.3 Å². The summed E-state index contributed by atoms with van der Waals surface area (Å²) < 4.78 is 10.7. The van der Waals surface area contributed by atoms with Crippen LogP contribution < -0.4 is 4.74 Å². The second kappa shape index (κ2) is 8.18. The van der Waals surface area contributed by atoms with Crippen molar-refractivity contribution in [2.75, 3.05) is 20.8 Å².